The zero-order chi connectivity index (χ0) is 18.8. The lowest BCUT2D eigenvalue weighted by Crippen LogP contribution is -2.43. The number of hydrogen-bond donors (Lipinski definition) is 1. The van der Waals surface area contributed by atoms with Crippen molar-refractivity contribution in [3.8, 4) is 5.75 Å². The van der Waals surface area contributed by atoms with E-state index in [0.29, 0.717) is 36.3 Å². The van der Waals surface area contributed by atoms with Crippen molar-refractivity contribution in [1.82, 2.24) is 9.88 Å². The number of H-pyrrole nitrogens is 1. The molecule has 0 saturated carbocycles. The van der Waals surface area contributed by atoms with E-state index in [9.17, 15) is 9.59 Å². The molecule has 1 N–H and O–H groups in total. The Morgan fingerprint density at radius 2 is 2.00 bits per heavy atom. The first-order valence-corrected chi connectivity index (χ1v) is 8.83. The highest BCUT2D eigenvalue weighted by Gasteiger charge is 2.27. The van der Waals surface area contributed by atoms with E-state index >= 15 is 0 Å². The second-order valence-electron chi connectivity index (χ2n) is 6.44. The normalized spacial score (nSPS) is 17.1. The predicted molar refractivity (Wildman–Crippen MR) is 102 cm³/mol. The fraction of sp³-hybridized carbons (Fsp3) is 0.238. The van der Waals surface area contributed by atoms with Crippen LogP contribution in [-0.4, -0.2) is 42.6 Å². The first kappa shape index (κ1) is 17.3. The molecule has 0 spiro atoms. The van der Waals surface area contributed by atoms with Crippen molar-refractivity contribution in [2.75, 3.05) is 26.8 Å². The third-order valence-electron chi connectivity index (χ3n) is 4.85. The minimum atomic E-state index is -0.296. The van der Waals surface area contributed by atoms with Crippen LogP contribution in [0.2, 0.25) is 0 Å². The van der Waals surface area contributed by atoms with Crippen molar-refractivity contribution in [2.45, 2.75) is 6.10 Å². The summed E-state index contributed by atoms with van der Waals surface area (Å²) in [5, 5.41) is 0.438. The number of morpholine rings is 1. The number of carbonyl (C=O) groups excluding carboxylic acids is 1. The van der Waals surface area contributed by atoms with Gasteiger partial charge in [-0.1, -0.05) is 36.4 Å². The van der Waals surface area contributed by atoms with Gasteiger partial charge in [-0.15, -0.1) is 0 Å². The molecular formula is C21H20N2O4. The first-order chi connectivity index (χ1) is 13.2. The molecule has 6 heteroatoms. The molecule has 1 saturated heterocycles. The van der Waals surface area contributed by atoms with E-state index < -0.39 is 0 Å². The summed E-state index contributed by atoms with van der Waals surface area (Å²) in [4.78, 5) is 30.6. The summed E-state index contributed by atoms with van der Waals surface area (Å²) in [7, 11) is 1.55. The Bertz CT molecular complexity index is 1030. The lowest BCUT2D eigenvalue weighted by Gasteiger charge is -2.33. The molecule has 0 bridgehead atoms. The Balaban J connectivity index is 1.64. The van der Waals surface area contributed by atoms with Crippen LogP contribution in [0.1, 0.15) is 22.0 Å². The number of ether oxygens (including phenoxy) is 2. The Hall–Kier alpha value is -3.12. The largest absolute Gasteiger partial charge is 0.495 e. The number of benzene rings is 2. The number of nitrogens with zero attached hydrogens (tertiary/aromatic N) is 1. The van der Waals surface area contributed by atoms with Crippen LogP contribution in [0.25, 0.3) is 10.9 Å². The number of carbonyl (C=O) groups is 1. The summed E-state index contributed by atoms with van der Waals surface area (Å²) in [6, 6.07) is 15.0. The third-order valence-corrected chi connectivity index (χ3v) is 4.85. The van der Waals surface area contributed by atoms with E-state index in [0.717, 1.165) is 5.56 Å². The number of fused-ring (bicyclic) bond motifs is 1. The highest BCUT2D eigenvalue weighted by atomic mass is 16.5. The van der Waals surface area contributed by atoms with Crippen LogP contribution in [0.3, 0.4) is 0 Å². The summed E-state index contributed by atoms with van der Waals surface area (Å²) in [6.07, 6.45) is 1.28. The molecule has 1 unspecified atom stereocenters. The zero-order valence-electron chi connectivity index (χ0n) is 15.0. The molecule has 138 valence electrons. The van der Waals surface area contributed by atoms with Crippen LogP contribution in [0.5, 0.6) is 5.75 Å². The van der Waals surface area contributed by atoms with E-state index in [2.05, 4.69) is 4.98 Å². The van der Waals surface area contributed by atoms with Crippen molar-refractivity contribution in [1.29, 1.82) is 0 Å². The highest BCUT2D eigenvalue weighted by Crippen LogP contribution is 2.24. The molecule has 1 amide bonds. The van der Waals surface area contributed by atoms with Gasteiger partial charge in [0.25, 0.3) is 5.91 Å². The number of aromatic amines is 1. The standard InChI is InChI=1S/C21H20N2O4/c1-26-17-9-5-8-15-19(17)22-12-16(20(15)24)21(25)23-10-11-27-18(13-23)14-6-3-2-4-7-14/h2-9,12,18H,10-11,13H2,1H3,(H,22,24). The lowest BCUT2D eigenvalue weighted by atomic mass is 10.1. The first-order valence-electron chi connectivity index (χ1n) is 8.83. The van der Waals surface area contributed by atoms with Gasteiger partial charge in [0, 0.05) is 12.7 Å². The van der Waals surface area contributed by atoms with Crippen LogP contribution in [0, 0.1) is 0 Å². The monoisotopic (exact) mass is 364 g/mol. The minimum Gasteiger partial charge on any atom is -0.495 e. The van der Waals surface area contributed by atoms with Gasteiger partial charge in [0.2, 0.25) is 5.43 Å². The number of rotatable bonds is 3. The quantitative estimate of drug-likeness (QED) is 0.776. The molecule has 2 aromatic carbocycles. The van der Waals surface area contributed by atoms with Gasteiger partial charge in [-0.3, -0.25) is 9.59 Å². The SMILES string of the molecule is COc1cccc2c(=O)c(C(=O)N3CCOC(c4ccccc4)C3)c[nH]c12. The van der Waals surface area contributed by atoms with Crippen LogP contribution in [0.15, 0.2) is 59.5 Å². The molecule has 27 heavy (non-hydrogen) atoms. The second kappa shape index (κ2) is 7.25. The fourth-order valence-electron chi connectivity index (χ4n) is 3.43. The number of nitrogens with one attached hydrogen (secondary N) is 1. The molecule has 3 aromatic rings. The number of methoxy groups -OCH3 is 1. The average Bonchev–Trinajstić information content (AvgIpc) is 2.74. The molecule has 1 aromatic heterocycles. The maximum absolute atomic E-state index is 13.0. The Morgan fingerprint density at radius 1 is 1.19 bits per heavy atom. The highest BCUT2D eigenvalue weighted by molar-refractivity contribution is 5.98. The molecule has 2 heterocycles. The fourth-order valence-corrected chi connectivity index (χ4v) is 3.43. The number of para-hydroxylation sites is 1. The smallest absolute Gasteiger partial charge is 0.259 e. The van der Waals surface area contributed by atoms with E-state index in [4.69, 9.17) is 9.47 Å². The summed E-state index contributed by atoms with van der Waals surface area (Å²) >= 11 is 0. The molecule has 1 atom stereocenters. The average molecular weight is 364 g/mol. The molecule has 4 rings (SSSR count). The zero-order valence-corrected chi connectivity index (χ0v) is 15.0. The van der Waals surface area contributed by atoms with Crippen LogP contribution in [0.4, 0.5) is 0 Å². The van der Waals surface area contributed by atoms with Gasteiger partial charge in [0.05, 0.1) is 31.2 Å². The van der Waals surface area contributed by atoms with Crippen molar-refractivity contribution >= 4 is 16.8 Å². The second-order valence-corrected chi connectivity index (χ2v) is 6.44. The Labute approximate surface area is 156 Å². The molecule has 1 fully saturated rings. The van der Waals surface area contributed by atoms with Gasteiger partial charge >= 0.3 is 0 Å². The molecule has 1 aliphatic heterocycles. The molecule has 0 radical (unpaired) electrons. The van der Waals surface area contributed by atoms with Crippen LogP contribution >= 0.6 is 0 Å². The molecule has 0 aliphatic carbocycles. The maximum Gasteiger partial charge on any atom is 0.259 e. The number of aromatic nitrogens is 1. The van der Waals surface area contributed by atoms with E-state index in [1.165, 1.54) is 6.20 Å². The predicted octanol–water partition coefficient (Wildman–Crippen LogP) is 2.75. The van der Waals surface area contributed by atoms with Crippen LogP contribution < -0.4 is 10.2 Å². The van der Waals surface area contributed by atoms with Gasteiger partial charge in [0.15, 0.2) is 0 Å². The maximum atomic E-state index is 13.0. The Kier molecular flexibility index (Phi) is 4.64. The lowest BCUT2D eigenvalue weighted by molar-refractivity contribution is -0.0228. The van der Waals surface area contributed by atoms with Crippen molar-refractivity contribution in [3.05, 3.63) is 76.1 Å². The van der Waals surface area contributed by atoms with Gasteiger partial charge < -0.3 is 19.4 Å². The van der Waals surface area contributed by atoms with Crippen molar-refractivity contribution in [3.63, 3.8) is 0 Å². The van der Waals surface area contributed by atoms with E-state index in [-0.39, 0.29) is 23.0 Å². The Morgan fingerprint density at radius 3 is 2.78 bits per heavy atom. The third kappa shape index (κ3) is 3.19. The van der Waals surface area contributed by atoms with Crippen LogP contribution in [-0.2, 0) is 4.74 Å². The molecule has 6 nitrogen and oxygen atoms in total. The number of pyridine rings is 1. The number of amides is 1. The molecular weight excluding hydrogens is 344 g/mol. The summed E-state index contributed by atoms with van der Waals surface area (Å²) < 4.78 is 11.1. The van der Waals surface area contributed by atoms with E-state index in [1.807, 2.05) is 30.3 Å². The van der Waals surface area contributed by atoms with Gasteiger partial charge in [-0.2, -0.15) is 0 Å². The van der Waals surface area contributed by atoms with Crippen molar-refractivity contribution < 1.29 is 14.3 Å². The summed E-state index contributed by atoms with van der Waals surface area (Å²) in [5.41, 5.74) is 1.44. The van der Waals surface area contributed by atoms with E-state index in [1.54, 1.807) is 30.2 Å². The summed E-state index contributed by atoms with van der Waals surface area (Å²) in [6.45, 7) is 1.31. The summed E-state index contributed by atoms with van der Waals surface area (Å²) in [5.74, 6) is 0.282. The van der Waals surface area contributed by atoms with Crippen molar-refractivity contribution in [2.24, 2.45) is 0 Å². The molecule has 1 aliphatic rings. The van der Waals surface area contributed by atoms with Gasteiger partial charge in [-0.25, -0.2) is 0 Å². The topological polar surface area (TPSA) is 71.6 Å². The van der Waals surface area contributed by atoms with Gasteiger partial charge in [0.1, 0.15) is 17.4 Å². The minimum absolute atomic E-state index is 0.129. The van der Waals surface area contributed by atoms with Gasteiger partial charge in [-0.05, 0) is 17.7 Å². The number of hydrogen-bond acceptors (Lipinski definition) is 4.